The van der Waals surface area contributed by atoms with Crippen molar-refractivity contribution in [2.45, 2.75) is 26.8 Å². The van der Waals surface area contributed by atoms with Crippen LogP contribution >= 0.6 is 0 Å². The predicted molar refractivity (Wildman–Crippen MR) is 110 cm³/mol. The monoisotopic (exact) mass is 401 g/mol. The van der Waals surface area contributed by atoms with E-state index < -0.39 is 22.0 Å². The number of fused-ring (bicyclic) bond motifs is 1. The fourth-order valence-corrected chi connectivity index (χ4v) is 4.48. The van der Waals surface area contributed by atoms with E-state index in [0.29, 0.717) is 17.1 Å². The summed E-state index contributed by atoms with van der Waals surface area (Å²) < 4.78 is 26.2. The van der Waals surface area contributed by atoms with E-state index in [2.05, 4.69) is 5.32 Å². The van der Waals surface area contributed by atoms with E-state index in [0.717, 1.165) is 21.7 Å². The van der Waals surface area contributed by atoms with E-state index in [9.17, 15) is 18.0 Å². The lowest BCUT2D eigenvalue weighted by Gasteiger charge is -2.35. The maximum absolute atomic E-state index is 13.3. The summed E-state index contributed by atoms with van der Waals surface area (Å²) >= 11 is 0. The van der Waals surface area contributed by atoms with Crippen LogP contribution in [0.3, 0.4) is 0 Å². The van der Waals surface area contributed by atoms with Gasteiger partial charge < -0.3 is 5.32 Å². The molecular weight excluding hydrogens is 378 g/mol. The highest BCUT2D eigenvalue weighted by molar-refractivity contribution is 7.92. The average molecular weight is 401 g/mol. The van der Waals surface area contributed by atoms with Gasteiger partial charge in [0.25, 0.3) is 5.91 Å². The third kappa shape index (κ3) is 3.73. The van der Waals surface area contributed by atoms with Gasteiger partial charge >= 0.3 is 0 Å². The number of anilines is 3. The summed E-state index contributed by atoms with van der Waals surface area (Å²) in [4.78, 5) is 26.6. The zero-order chi connectivity index (χ0) is 20.6. The molecule has 148 valence electrons. The second-order valence-corrected chi connectivity index (χ2v) is 8.85. The number of carbonyl (C=O) groups excluding carboxylic acids is 2. The molecule has 0 spiro atoms. The molecular formula is C20H23N3O4S. The first-order chi connectivity index (χ1) is 13.1. The Morgan fingerprint density at radius 1 is 1.14 bits per heavy atom. The fraction of sp³-hybridized carbons (Fsp3) is 0.300. The Morgan fingerprint density at radius 2 is 1.82 bits per heavy atom. The molecule has 0 aliphatic carbocycles. The summed E-state index contributed by atoms with van der Waals surface area (Å²) in [7, 11) is -3.74. The molecule has 1 aliphatic heterocycles. The molecule has 0 radical (unpaired) electrons. The zero-order valence-corrected chi connectivity index (χ0v) is 17.1. The molecule has 1 atom stereocenters. The molecule has 0 aromatic heterocycles. The van der Waals surface area contributed by atoms with Crippen LogP contribution < -0.4 is 14.5 Å². The maximum atomic E-state index is 13.3. The zero-order valence-electron chi connectivity index (χ0n) is 16.3. The predicted octanol–water partition coefficient (Wildman–Crippen LogP) is 2.44. The van der Waals surface area contributed by atoms with Crippen LogP contribution in [0, 0.1) is 13.8 Å². The topological polar surface area (TPSA) is 86.8 Å². The minimum absolute atomic E-state index is 0.162. The number of aryl methyl sites for hydroxylation is 2. The Labute approximate surface area is 165 Å². The summed E-state index contributed by atoms with van der Waals surface area (Å²) in [6.45, 7) is 5.19. The summed E-state index contributed by atoms with van der Waals surface area (Å²) in [5, 5.41) is 2.72. The van der Waals surface area contributed by atoms with Crippen LogP contribution in [0.15, 0.2) is 42.5 Å². The Morgan fingerprint density at radius 3 is 2.46 bits per heavy atom. The number of amides is 2. The number of hydrogen-bond donors (Lipinski definition) is 1. The largest absolute Gasteiger partial charge is 0.323 e. The summed E-state index contributed by atoms with van der Waals surface area (Å²) in [6.07, 6.45) is 1.07. The van der Waals surface area contributed by atoms with Crippen molar-refractivity contribution < 1.29 is 18.0 Å². The first-order valence-electron chi connectivity index (χ1n) is 8.86. The van der Waals surface area contributed by atoms with Gasteiger partial charge in [-0.05, 0) is 56.2 Å². The SMILES string of the molecule is Cc1ccc(N([C@@H](C)C(=O)N2CC(=O)Nc3ccccc32)S(C)(=O)=O)cc1C. The minimum Gasteiger partial charge on any atom is -0.323 e. The minimum atomic E-state index is -3.74. The number of nitrogens with one attached hydrogen (secondary N) is 1. The molecule has 1 N–H and O–H groups in total. The van der Waals surface area contributed by atoms with Gasteiger partial charge in [-0.3, -0.25) is 18.8 Å². The van der Waals surface area contributed by atoms with Gasteiger partial charge in [0.15, 0.2) is 0 Å². The fourth-order valence-electron chi connectivity index (χ4n) is 3.32. The third-order valence-corrected chi connectivity index (χ3v) is 6.09. The second kappa shape index (κ2) is 7.27. The van der Waals surface area contributed by atoms with Gasteiger partial charge in [-0.25, -0.2) is 8.42 Å². The molecule has 3 rings (SSSR count). The lowest BCUT2D eigenvalue weighted by atomic mass is 10.1. The molecule has 0 fully saturated rings. The molecule has 2 amide bonds. The van der Waals surface area contributed by atoms with Gasteiger partial charge in [0, 0.05) is 0 Å². The van der Waals surface area contributed by atoms with Crippen molar-refractivity contribution in [3.05, 3.63) is 53.6 Å². The van der Waals surface area contributed by atoms with Crippen molar-refractivity contribution >= 4 is 38.9 Å². The molecule has 2 aromatic rings. The van der Waals surface area contributed by atoms with Crippen LogP contribution in [0.1, 0.15) is 18.1 Å². The van der Waals surface area contributed by atoms with Crippen LogP contribution in [0.25, 0.3) is 0 Å². The number of nitrogens with zero attached hydrogens (tertiary/aromatic N) is 2. The van der Waals surface area contributed by atoms with Crippen LogP contribution in [0.4, 0.5) is 17.1 Å². The number of hydrogen-bond acceptors (Lipinski definition) is 4. The third-order valence-electron chi connectivity index (χ3n) is 4.85. The van der Waals surface area contributed by atoms with E-state index in [1.165, 1.54) is 11.8 Å². The van der Waals surface area contributed by atoms with E-state index in [1.807, 2.05) is 19.9 Å². The molecule has 0 saturated carbocycles. The summed E-state index contributed by atoms with van der Waals surface area (Å²) in [5.74, 6) is -0.790. The van der Waals surface area contributed by atoms with Crippen molar-refractivity contribution in [1.82, 2.24) is 0 Å². The van der Waals surface area contributed by atoms with Crippen molar-refractivity contribution in [3.63, 3.8) is 0 Å². The first-order valence-corrected chi connectivity index (χ1v) is 10.7. The Kier molecular flexibility index (Phi) is 5.16. The molecule has 0 bridgehead atoms. The highest BCUT2D eigenvalue weighted by Crippen LogP contribution is 2.31. The molecule has 2 aromatic carbocycles. The summed E-state index contributed by atoms with van der Waals surface area (Å²) in [6, 6.07) is 11.2. The van der Waals surface area contributed by atoms with Gasteiger partial charge in [0.2, 0.25) is 15.9 Å². The van der Waals surface area contributed by atoms with Crippen LogP contribution in [0.5, 0.6) is 0 Å². The lowest BCUT2D eigenvalue weighted by molar-refractivity contribution is -0.122. The molecule has 8 heteroatoms. The van der Waals surface area contributed by atoms with Crippen LogP contribution in [-0.2, 0) is 19.6 Å². The van der Waals surface area contributed by atoms with E-state index in [1.54, 1.807) is 36.4 Å². The highest BCUT2D eigenvalue weighted by atomic mass is 32.2. The van der Waals surface area contributed by atoms with Gasteiger partial charge in [-0.15, -0.1) is 0 Å². The second-order valence-electron chi connectivity index (χ2n) is 6.99. The maximum Gasteiger partial charge on any atom is 0.251 e. The van der Waals surface area contributed by atoms with Gasteiger partial charge in [-0.2, -0.15) is 0 Å². The van der Waals surface area contributed by atoms with Crippen molar-refractivity contribution in [2.75, 3.05) is 27.3 Å². The summed E-state index contributed by atoms with van der Waals surface area (Å²) in [5.41, 5.74) is 3.44. The lowest BCUT2D eigenvalue weighted by Crippen LogP contribution is -2.52. The van der Waals surface area contributed by atoms with Gasteiger partial charge in [0.05, 0.1) is 23.3 Å². The van der Waals surface area contributed by atoms with Crippen molar-refractivity contribution in [1.29, 1.82) is 0 Å². The smallest absolute Gasteiger partial charge is 0.251 e. The Bertz CT molecular complexity index is 1050. The first kappa shape index (κ1) is 19.9. The van der Waals surface area contributed by atoms with Crippen LogP contribution in [-0.4, -0.2) is 39.1 Å². The molecule has 1 aliphatic rings. The Balaban J connectivity index is 2.02. The van der Waals surface area contributed by atoms with Crippen molar-refractivity contribution in [2.24, 2.45) is 0 Å². The standard InChI is InChI=1S/C20H23N3O4S/c1-13-9-10-16(11-14(13)2)23(28(4,26)27)15(3)20(25)22-12-19(24)21-17-7-5-6-8-18(17)22/h5-11,15H,12H2,1-4H3,(H,21,24)/t15-/m0/s1. The molecule has 1 heterocycles. The average Bonchev–Trinajstić information content (AvgIpc) is 2.62. The Hall–Kier alpha value is -2.87. The molecule has 0 unspecified atom stereocenters. The number of para-hydroxylation sites is 2. The van der Waals surface area contributed by atoms with Crippen molar-refractivity contribution in [3.8, 4) is 0 Å². The molecule has 7 nitrogen and oxygen atoms in total. The normalized spacial score (nSPS) is 14.9. The number of rotatable bonds is 4. The van der Waals surface area contributed by atoms with E-state index >= 15 is 0 Å². The number of carbonyl (C=O) groups is 2. The van der Waals surface area contributed by atoms with E-state index in [4.69, 9.17) is 0 Å². The van der Waals surface area contributed by atoms with Gasteiger partial charge in [0.1, 0.15) is 12.6 Å². The molecule has 28 heavy (non-hydrogen) atoms. The van der Waals surface area contributed by atoms with E-state index in [-0.39, 0.29) is 12.5 Å². The van der Waals surface area contributed by atoms with Gasteiger partial charge in [-0.1, -0.05) is 18.2 Å². The quantitative estimate of drug-likeness (QED) is 0.853. The number of sulfonamides is 1. The molecule has 0 saturated heterocycles. The van der Waals surface area contributed by atoms with Crippen LogP contribution in [0.2, 0.25) is 0 Å². The number of benzene rings is 2. The highest BCUT2D eigenvalue weighted by Gasteiger charge is 2.35.